The first kappa shape index (κ1) is 12.8. The molecule has 0 bridgehead atoms. The number of hydrogen-bond donors (Lipinski definition) is 2. The van der Waals surface area contributed by atoms with Gasteiger partial charge >= 0.3 is 6.01 Å². The molecule has 1 fully saturated rings. The number of methoxy groups -OCH3 is 1. The normalized spacial score (nSPS) is 23.9. The zero-order valence-electron chi connectivity index (χ0n) is 11.1. The van der Waals surface area contributed by atoms with Crippen LogP contribution in [0.2, 0.25) is 0 Å². The van der Waals surface area contributed by atoms with Crippen LogP contribution in [0.1, 0.15) is 20.3 Å². The van der Waals surface area contributed by atoms with Gasteiger partial charge in [0.15, 0.2) is 0 Å². The molecule has 7 nitrogen and oxygen atoms in total. The van der Waals surface area contributed by atoms with Crippen molar-refractivity contribution in [2.24, 2.45) is 17.7 Å². The number of piperidine rings is 1. The molecule has 0 radical (unpaired) electrons. The van der Waals surface area contributed by atoms with Gasteiger partial charge in [0.1, 0.15) is 0 Å². The van der Waals surface area contributed by atoms with E-state index in [-0.39, 0.29) is 6.01 Å². The van der Waals surface area contributed by atoms with Gasteiger partial charge in [-0.05, 0) is 18.3 Å². The van der Waals surface area contributed by atoms with Crippen LogP contribution >= 0.6 is 0 Å². The molecular formula is C11H20N6O. The Hall–Kier alpha value is -1.63. The smallest absolute Gasteiger partial charge is 0.322 e. The first-order valence-electron chi connectivity index (χ1n) is 6.14. The van der Waals surface area contributed by atoms with Crippen LogP contribution in [0.5, 0.6) is 6.01 Å². The van der Waals surface area contributed by atoms with Gasteiger partial charge in [0.2, 0.25) is 11.9 Å². The van der Waals surface area contributed by atoms with Crippen LogP contribution in [-0.4, -0.2) is 35.2 Å². The molecule has 2 heterocycles. The van der Waals surface area contributed by atoms with E-state index in [1.165, 1.54) is 13.5 Å². The van der Waals surface area contributed by atoms with Crippen LogP contribution < -0.4 is 20.9 Å². The molecule has 18 heavy (non-hydrogen) atoms. The number of hydrogen-bond acceptors (Lipinski definition) is 7. The van der Waals surface area contributed by atoms with E-state index < -0.39 is 0 Å². The van der Waals surface area contributed by atoms with E-state index in [0.29, 0.717) is 23.7 Å². The Labute approximate surface area is 107 Å². The molecule has 1 aromatic rings. The number of ether oxygens (including phenoxy) is 1. The second-order valence-corrected chi connectivity index (χ2v) is 4.94. The van der Waals surface area contributed by atoms with E-state index in [0.717, 1.165) is 13.1 Å². The Morgan fingerprint density at radius 2 is 1.89 bits per heavy atom. The standard InChI is InChI=1S/C11H20N6O/c1-7-4-8(2)6-17(5-7)10-13-9(16-12)14-11(15-10)18-3/h7-8H,4-6,12H2,1-3H3,(H,13,14,15,16). The van der Waals surface area contributed by atoms with Crippen molar-refractivity contribution in [1.82, 2.24) is 15.0 Å². The Kier molecular flexibility index (Phi) is 3.81. The number of nitrogen functional groups attached to an aromatic ring is 1. The van der Waals surface area contributed by atoms with Gasteiger partial charge in [-0.2, -0.15) is 15.0 Å². The Bertz CT molecular complexity index is 380. The molecule has 2 rings (SSSR count). The zero-order chi connectivity index (χ0) is 13.1. The predicted molar refractivity (Wildman–Crippen MR) is 69.3 cm³/mol. The first-order chi connectivity index (χ1) is 8.62. The second kappa shape index (κ2) is 5.34. The molecule has 1 aliphatic heterocycles. The first-order valence-corrected chi connectivity index (χ1v) is 6.14. The van der Waals surface area contributed by atoms with E-state index in [1.54, 1.807) is 0 Å². The van der Waals surface area contributed by atoms with E-state index >= 15 is 0 Å². The molecule has 0 saturated carbocycles. The number of rotatable bonds is 3. The lowest BCUT2D eigenvalue weighted by atomic mass is 9.92. The summed E-state index contributed by atoms with van der Waals surface area (Å²) in [7, 11) is 1.53. The molecule has 0 amide bonds. The molecule has 0 aromatic carbocycles. The minimum atomic E-state index is 0.277. The summed E-state index contributed by atoms with van der Waals surface area (Å²) in [5.41, 5.74) is 2.43. The summed E-state index contributed by atoms with van der Waals surface area (Å²) in [5.74, 6) is 7.55. The molecule has 0 aliphatic carbocycles. The van der Waals surface area contributed by atoms with Gasteiger partial charge in [0.25, 0.3) is 0 Å². The fourth-order valence-electron chi connectivity index (χ4n) is 2.47. The molecular weight excluding hydrogens is 232 g/mol. The monoisotopic (exact) mass is 252 g/mol. The third-order valence-electron chi connectivity index (χ3n) is 3.07. The maximum Gasteiger partial charge on any atom is 0.322 e. The van der Waals surface area contributed by atoms with Crippen molar-refractivity contribution in [2.45, 2.75) is 20.3 Å². The lowest BCUT2D eigenvalue weighted by molar-refractivity contribution is 0.348. The van der Waals surface area contributed by atoms with Crippen LogP contribution in [0.3, 0.4) is 0 Å². The predicted octanol–water partition coefficient (Wildman–Crippen LogP) is 0.648. The molecule has 3 N–H and O–H groups in total. The average molecular weight is 252 g/mol. The van der Waals surface area contributed by atoms with Gasteiger partial charge in [-0.15, -0.1) is 0 Å². The highest BCUT2D eigenvalue weighted by molar-refractivity contribution is 5.38. The van der Waals surface area contributed by atoms with Crippen LogP contribution in [0.4, 0.5) is 11.9 Å². The topological polar surface area (TPSA) is 89.2 Å². The van der Waals surface area contributed by atoms with Crippen molar-refractivity contribution in [3.05, 3.63) is 0 Å². The van der Waals surface area contributed by atoms with Crippen LogP contribution in [-0.2, 0) is 0 Å². The molecule has 100 valence electrons. The summed E-state index contributed by atoms with van der Waals surface area (Å²) < 4.78 is 5.06. The van der Waals surface area contributed by atoms with Crippen LogP contribution in [0.15, 0.2) is 0 Å². The quantitative estimate of drug-likeness (QED) is 0.603. The lowest BCUT2D eigenvalue weighted by Crippen LogP contribution is -2.40. The number of nitrogens with zero attached hydrogens (tertiary/aromatic N) is 4. The van der Waals surface area contributed by atoms with Gasteiger partial charge < -0.3 is 9.64 Å². The van der Waals surface area contributed by atoms with Gasteiger partial charge in [-0.25, -0.2) is 5.84 Å². The Morgan fingerprint density at radius 1 is 1.22 bits per heavy atom. The van der Waals surface area contributed by atoms with Crippen molar-refractivity contribution < 1.29 is 4.74 Å². The van der Waals surface area contributed by atoms with Gasteiger partial charge in [0, 0.05) is 13.1 Å². The second-order valence-electron chi connectivity index (χ2n) is 4.94. The molecule has 2 unspecified atom stereocenters. The molecule has 1 aliphatic rings. The molecule has 1 aromatic heterocycles. The van der Waals surface area contributed by atoms with E-state index in [4.69, 9.17) is 10.6 Å². The number of hydrazine groups is 1. The fraction of sp³-hybridized carbons (Fsp3) is 0.727. The van der Waals surface area contributed by atoms with E-state index in [1.807, 2.05) is 0 Å². The SMILES string of the molecule is COc1nc(NN)nc(N2CC(C)CC(C)C2)n1. The summed E-state index contributed by atoms with van der Waals surface area (Å²) in [6.45, 7) is 6.37. The number of nitrogens with one attached hydrogen (secondary N) is 1. The summed E-state index contributed by atoms with van der Waals surface area (Å²) >= 11 is 0. The molecule has 1 saturated heterocycles. The Morgan fingerprint density at radius 3 is 2.44 bits per heavy atom. The maximum atomic E-state index is 5.35. The van der Waals surface area contributed by atoms with E-state index in [9.17, 15) is 0 Å². The minimum Gasteiger partial charge on any atom is -0.467 e. The maximum absolute atomic E-state index is 5.35. The van der Waals surface area contributed by atoms with Crippen molar-refractivity contribution in [3.8, 4) is 6.01 Å². The Balaban J connectivity index is 2.25. The highest BCUT2D eigenvalue weighted by Crippen LogP contribution is 2.25. The average Bonchev–Trinajstić information content (AvgIpc) is 2.37. The van der Waals surface area contributed by atoms with Crippen molar-refractivity contribution >= 4 is 11.9 Å². The van der Waals surface area contributed by atoms with Gasteiger partial charge in [0.05, 0.1) is 7.11 Å². The summed E-state index contributed by atoms with van der Waals surface area (Å²) in [4.78, 5) is 14.7. The van der Waals surface area contributed by atoms with Crippen LogP contribution in [0, 0.1) is 11.8 Å². The third-order valence-corrected chi connectivity index (χ3v) is 3.07. The molecule has 2 atom stereocenters. The number of aromatic nitrogens is 3. The highest BCUT2D eigenvalue weighted by atomic mass is 16.5. The third kappa shape index (κ3) is 2.79. The van der Waals surface area contributed by atoms with Crippen molar-refractivity contribution in [1.29, 1.82) is 0 Å². The van der Waals surface area contributed by atoms with Gasteiger partial charge in [-0.3, -0.25) is 5.43 Å². The van der Waals surface area contributed by atoms with Crippen LogP contribution in [0.25, 0.3) is 0 Å². The highest BCUT2D eigenvalue weighted by Gasteiger charge is 2.24. The summed E-state index contributed by atoms with van der Waals surface area (Å²) in [6, 6.07) is 0.277. The van der Waals surface area contributed by atoms with Gasteiger partial charge in [-0.1, -0.05) is 13.8 Å². The summed E-state index contributed by atoms with van der Waals surface area (Å²) in [5, 5.41) is 0. The zero-order valence-corrected chi connectivity index (χ0v) is 11.1. The number of anilines is 2. The molecule has 7 heteroatoms. The number of nitrogens with two attached hydrogens (primary N) is 1. The van der Waals surface area contributed by atoms with E-state index in [2.05, 4.69) is 39.1 Å². The summed E-state index contributed by atoms with van der Waals surface area (Å²) in [6.07, 6.45) is 1.24. The minimum absolute atomic E-state index is 0.277. The molecule has 0 spiro atoms. The lowest BCUT2D eigenvalue weighted by Gasteiger charge is -2.34. The largest absolute Gasteiger partial charge is 0.467 e. The van der Waals surface area contributed by atoms with Crippen molar-refractivity contribution in [2.75, 3.05) is 30.5 Å². The van der Waals surface area contributed by atoms with Crippen molar-refractivity contribution in [3.63, 3.8) is 0 Å². The fourth-order valence-corrected chi connectivity index (χ4v) is 2.47.